The zero-order valence-electron chi connectivity index (χ0n) is 10.9. The lowest BCUT2D eigenvalue weighted by Gasteiger charge is -2.21. The van der Waals surface area contributed by atoms with Crippen molar-refractivity contribution in [3.63, 3.8) is 0 Å². The molecule has 18 heavy (non-hydrogen) atoms. The van der Waals surface area contributed by atoms with E-state index in [1.807, 2.05) is 0 Å². The molecule has 0 aliphatic heterocycles. The highest BCUT2D eigenvalue weighted by molar-refractivity contribution is 5.96. The van der Waals surface area contributed by atoms with Crippen molar-refractivity contribution < 1.29 is 14.3 Å². The molecule has 0 bridgehead atoms. The van der Waals surface area contributed by atoms with E-state index in [2.05, 4.69) is 4.98 Å². The number of aromatic nitrogens is 1. The van der Waals surface area contributed by atoms with Crippen LogP contribution in [0.1, 0.15) is 10.4 Å². The predicted molar refractivity (Wildman–Crippen MR) is 67.6 cm³/mol. The van der Waals surface area contributed by atoms with Crippen molar-refractivity contribution in [2.75, 3.05) is 34.4 Å². The van der Waals surface area contributed by atoms with E-state index >= 15 is 0 Å². The Hall–Kier alpha value is -1.66. The fourth-order valence-corrected chi connectivity index (χ4v) is 1.63. The van der Waals surface area contributed by atoms with Gasteiger partial charge in [-0.1, -0.05) is 0 Å². The van der Waals surface area contributed by atoms with Crippen LogP contribution in [0, 0.1) is 0 Å². The molecule has 6 nitrogen and oxygen atoms in total. The summed E-state index contributed by atoms with van der Waals surface area (Å²) in [5.41, 5.74) is 6.28. The molecule has 0 saturated carbocycles. The molecule has 0 aliphatic carbocycles. The van der Waals surface area contributed by atoms with Crippen LogP contribution in [0.5, 0.6) is 5.75 Å². The van der Waals surface area contributed by atoms with Crippen molar-refractivity contribution in [1.29, 1.82) is 0 Å². The molecule has 2 N–H and O–H groups in total. The lowest BCUT2D eigenvalue weighted by molar-refractivity contribution is 0.0761. The summed E-state index contributed by atoms with van der Waals surface area (Å²) < 4.78 is 10.0. The molecule has 0 aromatic carbocycles. The normalized spacial score (nSPS) is 12.0. The van der Waals surface area contributed by atoms with Crippen molar-refractivity contribution in [2.45, 2.75) is 6.04 Å². The van der Waals surface area contributed by atoms with Crippen molar-refractivity contribution in [2.24, 2.45) is 5.73 Å². The maximum atomic E-state index is 12.2. The molecule has 1 heterocycles. The number of carbonyl (C=O) groups is 1. The van der Waals surface area contributed by atoms with Gasteiger partial charge >= 0.3 is 0 Å². The minimum absolute atomic E-state index is 0.152. The third kappa shape index (κ3) is 3.68. The number of hydrogen-bond donors (Lipinski definition) is 1. The number of amides is 1. The van der Waals surface area contributed by atoms with Crippen LogP contribution in [0.2, 0.25) is 0 Å². The Morgan fingerprint density at radius 1 is 1.56 bits per heavy atom. The van der Waals surface area contributed by atoms with Gasteiger partial charge in [0.25, 0.3) is 5.91 Å². The van der Waals surface area contributed by atoms with E-state index in [1.165, 1.54) is 13.3 Å². The fraction of sp³-hybridized carbons (Fsp3) is 0.500. The first-order valence-corrected chi connectivity index (χ1v) is 5.58. The first-order chi connectivity index (χ1) is 8.60. The summed E-state index contributed by atoms with van der Waals surface area (Å²) in [6.45, 7) is 0.823. The van der Waals surface area contributed by atoms with E-state index in [4.69, 9.17) is 15.2 Å². The summed E-state index contributed by atoms with van der Waals surface area (Å²) >= 11 is 0. The maximum Gasteiger partial charge on any atom is 0.257 e. The van der Waals surface area contributed by atoms with Gasteiger partial charge in [-0.3, -0.25) is 9.78 Å². The molecule has 1 amide bonds. The largest absolute Gasteiger partial charge is 0.494 e. The topological polar surface area (TPSA) is 77.7 Å². The van der Waals surface area contributed by atoms with Gasteiger partial charge in [0.05, 0.1) is 25.5 Å². The smallest absolute Gasteiger partial charge is 0.257 e. The van der Waals surface area contributed by atoms with Crippen LogP contribution >= 0.6 is 0 Å². The predicted octanol–water partition coefficient (Wildman–Crippen LogP) is 0.136. The summed E-state index contributed by atoms with van der Waals surface area (Å²) in [6, 6.07) is 1.41. The van der Waals surface area contributed by atoms with Gasteiger partial charge in [0.15, 0.2) is 0 Å². The third-order valence-corrected chi connectivity index (χ3v) is 2.47. The molecule has 0 aliphatic rings. The molecule has 0 saturated heterocycles. The summed E-state index contributed by atoms with van der Waals surface area (Å²) in [5, 5.41) is 0. The molecule has 100 valence electrons. The van der Waals surface area contributed by atoms with Crippen LogP contribution in [0.4, 0.5) is 0 Å². The lowest BCUT2D eigenvalue weighted by atomic mass is 10.2. The quantitative estimate of drug-likeness (QED) is 0.780. The molecule has 0 spiro atoms. The summed E-state index contributed by atoms with van der Waals surface area (Å²) in [5.74, 6) is 0.301. The van der Waals surface area contributed by atoms with E-state index in [-0.39, 0.29) is 11.9 Å². The van der Waals surface area contributed by atoms with Gasteiger partial charge in [0.1, 0.15) is 5.75 Å². The van der Waals surface area contributed by atoms with Crippen LogP contribution in [0.15, 0.2) is 18.5 Å². The number of ether oxygens (including phenoxy) is 2. The standard InChI is InChI=1S/C12H19N3O3/c1-15(7-9(13)8-17-2)12(16)10-4-5-14-6-11(10)18-3/h4-6,9H,7-8,13H2,1-3H3. The molecular weight excluding hydrogens is 234 g/mol. The van der Waals surface area contributed by atoms with Crippen molar-refractivity contribution in [1.82, 2.24) is 9.88 Å². The van der Waals surface area contributed by atoms with Gasteiger partial charge in [0.2, 0.25) is 0 Å². The van der Waals surface area contributed by atoms with Gasteiger partial charge in [-0.2, -0.15) is 0 Å². The monoisotopic (exact) mass is 253 g/mol. The molecule has 1 aromatic heterocycles. The molecule has 1 aromatic rings. The highest BCUT2D eigenvalue weighted by atomic mass is 16.5. The van der Waals surface area contributed by atoms with Gasteiger partial charge < -0.3 is 20.1 Å². The van der Waals surface area contributed by atoms with Crippen molar-refractivity contribution in [3.05, 3.63) is 24.0 Å². The molecule has 1 unspecified atom stereocenters. The van der Waals surface area contributed by atoms with Gasteiger partial charge in [0, 0.05) is 32.9 Å². The average molecular weight is 253 g/mol. The van der Waals surface area contributed by atoms with Crippen molar-refractivity contribution >= 4 is 5.91 Å². The van der Waals surface area contributed by atoms with E-state index in [0.717, 1.165) is 0 Å². The van der Waals surface area contributed by atoms with Gasteiger partial charge in [-0.15, -0.1) is 0 Å². The van der Waals surface area contributed by atoms with Crippen LogP contribution < -0.4 is 10.5 Å². The number of nitrogens with two attached hydrogens (primary N) is 1. The Morgan fingerprint density at radius 2 is 2.28 bits per heavy atom. The number of nitrogens with zero attached hydrogens (tertiary/aromatic N) is 2. The van der Waals surface area contributed by atoms with Crippen LogP contribution in [-0.4, -0.2) is 56.3 Å². The SMILES string of the molecule is COCC(N)CN(C)C(=O)c1ccncc1OC. The fourth-order valence-electron chi connectivity index (χ4n) is 1.63. The number of pyridine rings is 1. The summed E-state index contributed by atoms with van der Waals surface area (Å²) in [4.78, 5) is 17.6. The van der Waals surface area contributed by atoms with Crippen LogP contribution in [0.3, 0.4) is 0 Å². The first kappa shape index (κ1) is 14.4. The molecule has 1 atom stereocenters. The van der Waals surface area contributed by atoms with E-state index in [0.29, 0.717) is 24.5 Å². The van der Waals surface area contributed by atoms with E-state index in [9.17, 15) is 4.79 Å². The zero-order valence-corrected chi connectivity index (χ0v) is 10.9. The van der Waals surface area contributed by atoms with Crippen LogP contribution in [-0.2, 0) is 4.74 Å². The lowest BCUT2D eigenvalue weighted by Crippen LogP contribution is -2.41. The summed E-state index contributed by atoms with van der Waals surface area (Å²) in [6.07, 6.45) is 3.06. The minimum atomic E-state index is -0.211. The average Bonchev–Trinajstić information content (AvgIpc) is 2.38. The molecular formula is C12H19N3O3. The number of hydrogen-bond acceptors (Lipinski definition) is 5. The third-order valence-electron chi connectivity index (χ3n) is 2.47. The molecule has 1 rings (SSSR count). The second-order valence-corrected chi connectivity index (χ2v) is 3.98. The van der Waals surface area contributed by atoms with E-state index in [1.54, 1.807) is 31.3 Å². The molecule has 0 radical (unpaired) electrons. The van der Waals surface area contributed by atoms with Gasteiger partial charge in [-0.25, -0.2) is 0 Å². The minimum Gasteiger partial charge on any atom is -0.494 e. The molecule has 0 fully saturated rings. The number of likely N-dealkylation sites (N-methyl/N-ethyl adjacent to an activating group) is 1. The number of carbonyl (C=O) groups excluding carboxylic acids is 1. The second-order valence-electron chi connectivity index (χ2n) is 3.98. The Bertz CT molecular complexity index is 398. The summed E-state index contributed by atoms with van der Waals surface area (Å²) in [7, 11) is 4.77. The Kier molecular flexibility index (Phi) is 5.54. The van der Waals surface area contributed by atoms with Crippen LogP contribution in [0.25, 0.3) is 0 Å². The Labute approximate surface area is 107 Å². The second kappa shape index (κ2) is 6.93. The van der Waals surface area contributed by atoms with Gasteiger partial charge in [-0.05, 0) is 6.07 Å². The Morgan fingerprint density at radius 3 is 2.89 bits per heavy atom. The van der Waals surface area contributed by atoms with Crippen molar-refractivity contribution in [3.8, 4) is 5.75 Å². The number of rotatable bonds is 6. The maximum absolute atomic E-state index is 12.2. The highest BCUT2D eigenvalue weighted by Gasteiger charge is 2.18. The zero-order chi connectivity index (χ0) is 13.5. The Balaban J connectivity index is 2.74. The first-order valence-electron chi connectivity index (χ1n) is 5.58. The highest BCUT2D eigenvalue weighted by Crippen LogP contribution is 2.17. The number of methoxy groups -OCH3 is 2. The van der Waals surface area contributed by atoms with E-state index < -0.39 is 0 Å². The molecule has 6 heteroatoms.